The molecule has 0 saturated carbocycles. The number of nitrogens with one attached hydrogen (secondary N) is 2. The Bertz CT molecular complexity index is 1170. The molecule has 0 unspecified atom stereocenters. The van der Waals surface area contributed by atoms with Gasteiger partial charge in [0.1, 0.15) is 5.60 Å². The van der Waals surface area contributed by atoms with Crippen molar-refractivity contribution in [1.29, 1.82) is 0 Å². The molecule has 0 bridgehead atoms. The van der Waals surface area contributed by atoms with Crippen LogP contribution in [0.15, 0.2) is 24.3 Å². The number of ether oxygens (including phenoxy) is 1. The maximum atomic E-state index is 12.4. The van der Waals surface area contributed by atoms with Crippen LogP contribution in [-0.4, -0.2) is 43.7 Å². The molecule has 2 aromatic heterocycles. The van der Waals surface area contributed by atoms with E-state index in [9.17, 15) is 9.59 Å². The second-order valence-electron chi connectivity index (χ2n) is 9.08. The Kier molecular flexibility index (Phi) is 8.09. The number of hydrogen-bond acceptors (Lipinski definition) is 6. The lowest BCUT2D eigenvalue weighted by Crippen LogP contribution is -2.32. The summed E-state index contributed by atoms with van der Waals surface area (Å²) in [5.74, 6) is 0.860. The van der Waals surface area contributed by atoms with Crippen LogP contribution in [0.25, 0.3) is 5.78 Å². The summed E-state index contributed by atoms with van der Waals surface area (Å²) in [4.78, 5) is 33.2. The van der Waals surface area contributed by atoms with E-state index in [1.807, 2.05) is 38.1 Å². The van der Waals surface area contributed by atoms with Gasteiger partial charge in [-0.3, -0.25) is 4.79 Å². The summed E-state index contributed by atoms with van der Waals surface area (Å²) in [6.45, 7) is 9.91. The molecule has 9 nitrogen and oxygen atoms in total. The van der Waals surface area contributed by atoms with E-state index < -0.39 is 11.7 Å². The van der Waals surface area contributed by atoms with Crippen molar-refractivity contribution in [3.63, 3.8) is 0 Å². The molecule has 0 saturated heterocycles. The first-order chi connectivity index (χ1) is 16.0. The van der Waals surface area contributed by atoms with Crippen molar-refractivity contribution in [2.75, 3.05) is 6.54 Å². The number of carbonyl (C=O) groups is 2. The molecule has 34 heavy (non-hydrogen) atoms. The van der Waals surface area contributed by atoms with Crippen molar-refractivity contribution in [3.8, 4) is 0 Å². The minimum atomic E-state index is -0.581. The molecular formula is C24H31ClN6O3. The molecule has 0 atom stereocenters. The first kappa shape index (κ1) is 25.4. The number of carbonyl (C=O) groups excluding carboxylic acids is 2. The first-order valence-electron chi connectivity index (χ1n) is 11.2. The Labute approximate surface area is 204 Å². The van der Waals surface area contributed by atoms with Crippen molar-refractivity contribution in [3.05, 3.63) is 57.6 Å². The molecular weight excluding hydrogens is 456 g/mol. The van der Waals surface area contributed by atoms with E-state index >= 15 is 0 Å². The summed E-state index contributed by atoms with van der Waals surface area (Å²) in [5, 5.41) is 10.8. The highest BCUT2D eigenvalue weighted by molar-refractivity contribution is 6.30. The molecule has 0 aliphatic carbocycles. The number of rotatable bonds is 8. The fourth-order valence-electron chi connectivity index (χ4n) is 3.48. The van der Waals surface area contributed by atoms with Gasteiger partial charge in [0.2, 0.25) is 5.91 Å². The van der Waals surface area contributed by atoms with E-state index in [4.69, 9.17) is 16.3 Å². The predicted octanol–water partition coefficient (Wildman–Crippen LogP) is 3.71. The van der Waals surface area contributed by atoms with Crippen LogP contribution < -0.4 is 10.6 Å². The molecule has 0 spiro atoms. The van der Waals surface area contributed by atoms with Crippen LogP contribution in [-0.2, 0) is 28.9 Å². The standard InChI is InChI=1S/C24H31ClN6O3/c1-15-19(10-11-21(32)26-13-12-17-6-8-18(25)9-7-17)16(2)31-22(28-15)29-20(30-31)14-27-23(33)34-24(3,4)5/h6-9H,10-14H2,1-5H3,(H,26,32)(H,27,33). The largest absolute Gasteiger partial charge is 0.444 e. The quantitative estimate of drug-likeness (QED) is 0.502. The van der Waals surface area contributed by atoms with Crippen LogP contribution in [0.3, 0.4) is 0 Å². The number of halogens is 1. The minimum absolute atomic E-state index is 0.0197. The molecule has 2 N–H and O–H groups in total. The molecule has 3 aromatic rings. The van der Waals surface area contributed by atoms with E-state index in [-0.39, 0.29) is 12.5 Å². The van der Waals surface area contributed by atoms with Gasteiger partial charge in [-0.1, -0.05) is 23.7 Å². The minimum Gasteiger partial charge on any atom is -0.444 e. The molecule has 0 aliphatic heterocycles. The summed E-state index contributed by atoms with van der Waals surface area (Å²) >= 11 is 5.90. The van der Waals surface area contributed by atoms with Crippen LogP contribution in [0, 0.1) is 13.8 Å². The third-order valence-electron chi connectivity index (χ3n) is 5.13. The fraction of sp³-hybridized carbons (Fsp3) is 0.458. The van der Waals surface area contributed by atoms with Crippen LogP contribution in [0.5, 0.6) is 0 Å². The highest BCUT2D eigenvalue weighted by Crippen LogP contribution is 2.16. The Morgan fingerprint density at radius 2 is 1.76 bits per heavy atom. The maximum Gasteiger partial charge on any atom is 0.408 e. The number of fused-ring (bicyclic) bond motifs is 1. The lowest BCUT2D eigenvalue weighted by Gasteiger charge is -2.19. The molecule has 182 valence electrons. The lowest BCUT2D eigenvalue weighted by atomic mass is 10.1. The number of amides is 2. The maximum absolute atomic E-state index is 12.4. The third kappa shape index (κ3) is 7.15. The Hall–Kier alpha value is -3.20. The van der Waals surface area contributed by atoms with Gasteiger partial charge >= 0.3 is 6.09 Å². The molecule has 2 heterocycles. The number of hydrogen-bond donors (Lipinski definition) is 2. The van der Waals surface area contributed by atoms with Crippen LogP contribution in [0.1, 0.15) is 55.5 Å². The van der Waals surface area contributed by atoms with Gasteiger partial charge in [0, 0.05) is 29.4 Å². The van der Waals surface area contributed by atoms with E-state index in [1.165, 1.54) is 0 Å². The van der Waals surface area contributed by atoms with E-state index in [0.29, 0.717) is 36.0 Å². The van der Waals surface area contributed by atoms with Gasteiger partial charge in [-0.25, -0.2) is 14.3 Å². The normalized spacial score (nSPS) is 11.5. The van der Waals surface area contributed by atoms with Crippen molar-refractivity contribution >= 4 is 29.4 Å². The molecule has 10 heteroatoms. The summed E-state index contributed by atoms with van der Waals surface area (Å²) in [5.41, 5.74) is 3.17. The highest BCUT2D eigenvalue weighted by Gasteiger charge is 2.18. The topological polar surface area (TPSA) is 111 Å². The SMILES string of the molecule is Cc1nc2nc(CNC(=O)OC(C)(C)C)nn2c(C)c1CCC(=O)NCCc1ccc(Cl)cc1. The summed E-state index contributed by atoms with van der Waals surface area (Å²) < 4.78 is 6.88. The van der Waals surface area contributed by atoms with Gasteiger partial charge in [-0.15, -0.1) is 5.10 Å². The van der Waals surface area contributed by atoms with Gasteiger partial charge in [0.15, 0.2) is 5.82 Å². The predicted molar refractivity (Wildman–Crippen MR) is 130 cm³/mol. The molecule has 3 rings (SSSR count). The molecule has 0 radical (unpaired) electrons. The third-order valence-corrected chi connectivity index (χ3v) is 5.39. The monoisotopic (exact) mass is 486 g/mol. The second kappa shape index (κ2) is 10.8. The van der Waals surface area contributed by atoms with Gasteiger partial charge in [0.25, 0.3) is 5.78 Å². The second-order valence-corrected chi connectivity index (χ2v) is 9.52. The summed E-state index contributed by atoms with van der Waals surface area (Å²) in [7, 11) is 0. The van der Waals surface area contributed by atoms with Crippen molar-refractivity contribution < 1.29 is 14.3 Å². The number of aryl methyl sites for hydroxylation is 2. The molecule has 0 fully saturated rings. The zero-order valence-electron chi connectivity index (χ0n) is 20.2. The van der Waals surface area contributed by atoms with Crippen molar-refractivity contribution in [2.45, 2.75) is 66.0 Å². The van der Waals surface area contributed by atoms with E-state index in [1.54, 1.807) is 25.3 Å². The van der Waals surface area contributed by atoms with Gasteiger partial charge in [0.05, 0.1) is 6.54 Å². The van der Waals surface area contributed by atoms with Crippen LogP contribution >= 0.6 is 11.6 Å². The van der Waals surface area contributed by atoms with Gasteiger partial charge in [-0.05, 0) is 70.7 Å². The van der Waals surface area contributed by atoms with Crippen LogP contribution in [0.4, 0.5) is 4.79 Å². The molecule has 2 amide bonds. The van der Waals surface area contributed by atoms with Crippen molar-refractivity contribution in [1.82, 2.24) is 30.2 Å². The molecule has 0 aliphatic rings. The average molecular weight is 487 g/mol. The summed E-state index contributed by atoms with van der Waals surface area (Å²) in [6, 6.07) is 7.60. The van der Waals surface area contributed by atoms with E-state index in [2.05, 4.69) is 25.7 Å². The fourth-order valence-corrected chi connectivity index (χ4v) is 3.60. The first-order valence-corrected chi connectivity index (χ1v) is 11.6. The highest BCUT2D eigenvalue weighted by atomic mass is 35.5. The average Bonchev–Trinajstić information content (AvgIpc) is 3.15. The van der Waals surface area contributed by atoms with Crippen molar-refractivity contribution in [2.24, 2.45) is 0 Å². The number of benzene rings is 1. The van der Waals surface area contributed by atoms with Gasteiger partial charge < -0.3 is 15.4 Å². The Balaban J connectivity index is 1.56. The Morgan fingerprint density at radius 3 is 2.44 bits per heavy atom. The smallest absolute Gasteiger partial charge is 0.408 e. The zero-order chi connectivity index (χ0) is 24.9. The number of alkyl carbamates (subject to hydrolysis) is 1. The summed E-state index contributed by atoms with van der Waals surface area (Å²) in [6.07, 6.45) is 1.10. The van der Waals surface area contributed by atoms with Gasteiger partial charge in [-0.2, -0.15) is 4.98 Å². The lowest BCUT2D eigenvalue weighted by molar-refractivity contribution is -0.121. The Morgan fingerprint density at radius 1 is 1.06 bits per heavy atom. The number of aromatic nitrogens is 4. The zero-order valence-corrected chi connectivity index (χ0v) is 21.0. The number of nitrogens with zero attached hydrogens (tertiary/aromatic N) is 4. The van der Waals surface area contributed by atoms with Crippen LogP contribution in [0.2, 0.25) is 5.02 Å². The van der Waals surface area contributed by atoms with E-state index in [0.717, 1.165) is 28.9 Å². The molecule has 1 aromatic carbocycles.